The molecule has 0 fully saturated rings. The Morgan fingerprint density at radius 1 is 0.575 bits per heavy atom. The monoisotopic (exact) mass is 524 g/mol. The van der Waals surface area contributed by atoms with Gasteiger partial charge in [0.25, 0.3) is 0 Å². The number of allylic oxidation sites excluding steroid dienone is 1. The molecule has 0 aromatic heterocycles. The molecular formula is C36H28O4. The molecule has 0 aliphatic rings. The molecule has 4 heteroatoms. The van der Waals surface area contributed by atoms with Crippen LogP contribution >= 0.6 is 0 Å². The first-order valence-corrected chi connectivity index (χ1v) is 13.4. The van der Waals surface area contributed by atoms with Crippen LogP contribution in [0, 0.1) is 5.92 Å². The summed E-state index contributed by atoms with van der Waals surface area (Å²) in [5.41, 5.74) is 1.82. The van der Waals surface area contributed by atoms with Gasteiger partial charge in [0.1, 0.15) is 13.2 Å². The lowest BCUT2D eigenvalue weighted by molar-refractivity contribution is -0.163. The summed E-state index contributed by atoms with van der Waals surface area (Å²) in [6.45, 7) is 3.85. The van der Waals surface area contributed by atoms with E-state index in [2.05, 4.69) is 18.7 Å². The summed E-state index contributed by atoms with van der Waals surface area (Å²) in [6.07, 6.45) is 1.68. The van der Waals surface area contributed by atoms with Gasteiger partial charge >= 0.3 is 11.9 Å². The Balaban J connectivity index is 1.24. The summed E-state index contributed by atoms with van der Waals surface area (Å²) in [5, 5.41) is 8.32. The van der Waals surface area contributed by atoms with E-state index >= 15 is 0 Å². The van der Waals surface area contributed by atoms with Crippen molar-refractivity contribution in [3.05, 3.63) is 133 Å². The van der Waals surface area contributed by atoms with E-state index in [-0.39, 0.29) is 19.6 Å². The Kier molecular flexibility index (Phi) is 6.98. The minimum atomic E-state index is -1.10. The van der Waals surface area contributed by atoms with Gasteiger partial charge in [0.05, 0.1) is 0 Å². The van der Waals surface area contributed by atoms with E-state index < -0.39 is 17.9 Å². The third-order valence-corrected chi connectivity index (χ3v) is 7.45. The third-order valence-electron chi connectivity index (χ3n) is 7.45. The van der Waals surface area contributed by atoms with Crippen LogP contribution < -0.4 is 0 Å². The Morgan fingerprint density at radius 3 is 1.23 bits per heavy atom. The highest BCUT2D eigenvalue weighted by molar-refractivity contribution is 6.04. The summed E-state index contributed by atoms with van der Waals surface area (Å²) in [5.74, 6) is -2.34. The number of hydrogen-bond acceptors (Lipinski definition) is 4. The minimum absolute atomic E-state index is 0.0512. The molecule has 0 amide bonds. The molecule has 0 bridgehead atoms. The Labute approximate surface area is 232 Å². The molecule has 6 rings (SSSR count). The molecule has 0 atom stereocenters. The number of fused-ring (bicyclic) bond motifs is 4. The number of ether oxygens (including phenoxy) is 2. The molecule has 0 aliphatic heterocycles. The largest absolute Gasteiger partial charge is 0.460 e. The zero-order valence-electron chi connectivity index (χ0n) is 22.0. The fourth-order valence-electron chi connectivity index (χ4n) is 5.47. The van der Waals surface area contributed by atoms with Crippen molar-refractivity contribution in [2.75, 3.05) is 0 Å². The van der Waals surface area contributed by atoms with Gasteiger partial charge in [-0.25, -0.2) is 0 Å². The molecule has 0 heterocycles. The maximum atomic E-state index is 13.3. The van der Waals surface area contributed by atoms with Crippen molar-refractivity contribution in [2.24, 2.45) is 5.92 Å². The fourth-order valence-corrected chi connectivity index (χ4v) is 5.47. The zero-order valence-corrected chi connectivity index (χ0v) is 22.0. The Hall–Kier alpha value is -4.96. The van der Waals surface area contributed by atoms with Crippen molar-refractivity contribution in [1.82, 2.24) is 0 Å². The second kappa shape index (κ2) is 11.0. The first kappa shape index (κ1) is 25.3. The topological polar surface area (TPSA) is 52.6 Å². The SMILES string of the molecule is C=CCC(C(=O)OCc1c2ccccc2cc2ccccc12)C(=O)OCc1c2ccccc2cc2ccccc12. The van der Waals surface area contributed by atoms with Crippen LogP contribution in [-0.2, 0) is 32.3 Å². The second-order valence-electron chi connectivity index (χ2n) is 9.89. The fraction of sp³-hybridized carbons (Fsp3) is 0.111. The summed E-state index contributed by atoms with van der Waals surface area (Å²) >= 11 is 0. The lowest BCUT2D eigenvalue weighted by Crippen LogP contribution is -2.27. The lowest BCUT2D eigenvalue weighted by Gasteiger charge is -2.17. The van der Waals surface area contributed by atoms with E-state index in [0.717, 1.165) is 54.2 Å². The van der Waals surface area contributed by atoms with Crippen LogP contribution in [0.4, 0.5) is 0 Å². The molecule has 4 nitrogen and oxygen atoms in total. The molecule has 0 N–H and O–H groups in total. The average molecular weight is 525 g/mol. The van der Waals surface area contributed by atoms with E-state index in [1.807, 2.05) is 97.1 Å². The predicted molar refractivity (Wildman–Crippen MR) is 161 cm³/mol. The highest BCUT2D eigenvalue weighted by atomic mass is 16.6. The predicted octanol–water partition coefficient (Wildman–Crippen LogP) is 8.28. The van der Waals surface area contributed by atoms with E-state index in [4.69, 9.17) is 9.47 Å². The van der Waals surface area contributed by atoms with Crippen LogP contribution in [0.1, 0.15) is 17.5 Å². The van der Waals surface area contributed by atoms with Crippen molar-refractivity contribution in [2.45, 2.75) is 19.6 Å². The first-order valence-electron chi connectivity index (χ1n) is 13.4. The maximum Gasteiger partial charge on any atom is 0.320 e. The minimum Gasteiger partial charge on any atom is -0.460 e. The number of carbonyl (C=O) groups is 2. The molecular weight excluding hydrogens is 496 g/mol. The van der Waals surface area contributed by atoms with Gasteiger partial charge in [-0.15, -0.1) is 6.58 Å². The van der Waals surface area contributed by atoms with Gasteiger partial charge in [0, 0.05) is 11.1 Å². The van der Waals surface area contributed by atoms with Crippen molar-refractivity contribution >= 4 is 55.0 Å². The zero-order chi connectivity index (χ0) is 27.5. The Bertz CT molecular complexity index is 1660. The standard InChI is InChI=1S/C36H28O4/c1-2-11-32(35(37)39-22-33-28-16-7-3-12-24(28)20-25-13-4-8-17-29(25)33)36(38)40-23-34-30-18-9-5-14-26(30)21-27-15-6-10-19-31(27)34/h2-10,12-21,32H,1,11,22-23H2. The van der Waals surface area contributed by atoms with Crippen molar-refractivity contribution in [3.8, 4) is 0 Å². The van der Waals surface area contributed by atoms with E-state index in [9.17, 15) is 9.59 Å². The van der Waals surface area contributed by atoms with Crippen LogP contribution in [0.3, 0.4) is 0 Å². The summed E-state index contributed by atoms with van der Waals surface area (Å²) in [6, 6.07) is 36.4. The molecule has 40 heavy (non-hydrogen) atoms. The van der Waals surface area contributed by atoms with Crippen LogP contribution in [0.5, 0.6) is 0 Å². The Morgan fingerprint density at radius 2 is 0.900 bits per heavy atom. The highest BCUT2D eigenvalue weighted by Crippen LogP contribution is 2.31. The van der Waals surface area contributed by atoms with Crippen LogP contribution in [0.2, 0.25) is 0 Å². The smallest absolute Gasteiger partial charge is 0.320 e. The average Bonchev–Trinajstić information content (AvgIpc) is 2.99. The maximum absolute atomic E-state index is 13.3. The van der Waals surface area contributed by atoms with Gasteiger partial charge in [0.2, 0.25) is 0 Å². The molecule has 0 saturated carbocycles. The molecule has 0 saturated heterocycles. The van der Waals surface area contributed by atoms with Crippen LogP contribution in [-0.4, -0.2) is 11.9 Å². The normalized spacial score (nSPS) is 11.3. The number of hydrogen-bond donors (Lipinski definition) is 0. The molecule has 0 radical (unpaired) electrons. The van der Waals surface area contributed by atoms with Gasteiger partial charge in [-0.05, 0) is 61.6 Å². The quantitative estimate of drug-likeness (QED) is 0.0870. The molecule has 6 aromatic carbocycles. The van der Waals surface area contributed by atoms with Crippen LogP contribution in [0.25, 0.3) is 43.1 Å². The first-order chi connectivity index (χ1) is 19.6. The molecule has 196 valence electrons. The van der Waals surface area contributed by atoms with Crippen molar-refractivity contribution < 1.29 is 19.1 Å². The van der Waals surface area contributed by atoms with E-state index in [0.29, 0.717) is 0 Å². The van der Waals surface area contributed by atoms with Gasteiger partial charge in [-0.1, -0.05) is 103 Å². The molecule has 0 spiro atoms. The summed E-state index contributed by atoms with van der Waals surface area (Å²) in [4.78, 5) is 26.6. The highest BCUT2D eigenvalue weighted by Gasteiger charge is 2.29. The number of carbonyl (C=O) groups excluding carboxylic acids is 2. The number of benzene rings is 6. The lowest BCUT2D eigenvalue weighted by atomic mass is 9.97. The van der Waals surface area contributed by atoms with E-state index in [1.54, 1.807) is 6.08 Å². The van der Waals surface area contributed by atoms with Gasteiger partial charge < -0.3 is 9.47 Å². The molecule has 0 aliphatic carbocycles. The molecule has 0 unspecified atom stereocenters. The number of rotatable bonds is 8. The second-order valence-corrected chi connectivity index (χ2v) is 9.89. The number of esters is 2. The van der Waals surface area contributed by atoms with Crippen LogP contribution in [0.15, 0.2) is 122 Å². The van der Waals surface area contributed by atoms with Gasteiger partial charge in [-0.2, -0.15) is 0 Å². The molecule has 6 aromatic rings. The summed E-state index contributed by atoms with van der Waals surface area (Å²) in [7, 11) is 0. The van der Waals surface area contributed by atoms with Crippen molar-refractivity contribution in [3.63, 3.8) is 0 Å². The summed E-state index contributed by atoms with van der Waals surface area (Å²) < 4.78 is 11.6. The van der Waals surface area contributed by atoms with Crippen molar-refractivity contribution in [1.29, 1.82) is 0 Å². The van der Waals surface area contributed by atoms with Gasteiger partial charge in [-0.3, -0.25) is 9.59 Å². The van der Waals surface area contributed by atoms with Gasteiger partial charge in [0.15, 0.2) is 5.92 Å². The van der Waals surface area contributed by atoms with E-state index in [1.165, 1.54) is 0 Å². The third kappa shape index (κ3) is 4.80.